The first-order valence-electron chi connectivity index (χ1n) is 13.9. The normalized spacial score (nSPS) is 11.8. The van der Waals surface area contributed by atoms with Gasteiger partial charge in [0, 0.05) is 27.9 Å². The third-order valence-electron chi connectivity index (χ3n) is 6.52. The highest BCUT2D eigenvalue weighted by Crippen LogP contribution is 2.38. The SMILES string of the molecule is C=C(C)/C=C\C(=C/C)SN(CC(=O)OCC)c1ccc(C)c2c1cc(CN(CC(=O)OC)Sc1ccc(OC)cc1)n2C. The standard InChI is InChI=1S/C33H41N3O5S2/c1-9-27(15-11-23(3)4)43-36(22-32(38)41-10-2)30-18-12-24(5)33-29(30)19-25(34(33)6)20-35(21-31(37)40-8)42-28-16-13-26(39-7)14-17-28/h9,11-19H,3,10,20-22H2,1-2,4-8H3/b15-11-,27-9+. The van der Waals surface area contributed by atoms with Gasteiger partial charge in [0.25, 0.3) is 0 Å². The van der Waals surface area contributed by atoms with Gasteiger partial charge in [-0.3, -0.25) is 9.59 Å². The van der Waals surface area contributed by atoms with E-state index in [4.69, 9.17) is 14.2 Å². The summed E-state index contributed by atoms with van der Waals surface area (Å²) in [6.07, 6.45) is 5.95. The summed E-state index contributed by atoms with van der Waals surface area (Å²) in [5.74, 6) is 0.136. The Labute approximate surface area is 263 Å². The molecular weight excluding hydrogens is 583 g/mol. The van der Waals surface area contributed by atoms with Crippen LogP contribution in [0.1, 0.15) is 32.0 Å². The lowest BCUT2D eigenvalue weighted by atomic mass is 10.1. The van der Waals surface area contributed by atoms with Gasteiger partial charge in [0.2, 0.25) is 0 Å². The van der Waals surface area contributed by atoms with Crippen LogP contribution in [0.15, 0.2) is 82.6 Å². The molecule has 230 valence electrons. The van der Waals surface area contributed by atoms with E-state index >= 15 is 0 Å². The molecule has 0 spiro atoms. The molecule has 0 aliphatic heterocycles. The summed E-state index contributed by atoms with van der Waals surface area (Å²) in [4.78, 5) is 27.0. The number of hydrogen-bond donors (Lipinski definition) is 0. The Balaban J connectivity index is 2.04. The van der Waals surface area contributed by atoms with E-state index < -0.39 is 0 Å². The number of methoxy groups -OCH3 is 2. The van der Waals surface area contributed by atoms with Crippen molar-refractivity contribution in [3.63, 3.8) is 0 Å². The van der Waals surface area contributed by atoms with Crippen LogP contribution in [-0.4, -0.2) is 54.7 Å². The van der Waals surface area contributed by atoms with Crippen LogP contribution in [0, 0.1) is 6.92 Å². The van der Waals surface area contributed by atoms with E-state index in [1.807, 2.05) is 78.1 Å². The lowest BCUT2D eigenvalue weighted by molar-refractivity contribution is -0.141. The number of allylic oxidation sites excluding steroid dienone is 4. The fraction of sp³-hybridized carbons (Fsp3) is 0.333. The van der Waals surface area contributed by atoms with Crippen LogP contribution in [0.2, 0.25) is 0 Å². The zero-order valence-corrected chi connectivity index (χ0v) is 27.6. The van der Waals surface area contributed by atoms with Gasteiger partial charge in [0.1, 0.15) is 18.8 Å². The van der Waals surface area contributed by atoms with E-state index in [0.717, 1.165) is 49.0 Å². The summed E-state index contributed by atoms with van der Waals surface area (Å²) in [5, 5.41) is 1.00. The zero-order valence-electron chi connectivity index (χ0n) is 26.0. The molecule has 0 unspecified atom stereocenters. The van der Waals surface area contributed by atoms with Crippen molar-refractivity contribution in [2.45, 2.75) is 39.1 Å². The van der Waals surface area contributed by atoms with Crippen molar-refractivity contribution in [3.8, 4) is 5.75 Å². The van der Waals surface area contributed by atoms with Gasteiger partial charge in [0.15, 0.2) is 0 Å². The van der Waals surface area contributed by atoms with Gasteiger partial charge in [-0.05, 0) is 99.6 Å². The van der Waals surface area contributed by atoms with Crippen LogP contribution in [0.4, 0.5) is 5.69 Å². The van der Waals surface area contributed by atoms with Crippen molar-refractivity contribution in [3.05, 3.63) is 89.0 Å². The number of benzene rings is 2. The van der Waals surface area contributed by atoms with Crippen LogP contribution in [0.3, 0.4) is 0 Å². The Hall–Kier alpha value is -3.60. The van der Waals surface area contributed by atoms with E-state index in [1.54, 1.807) is 14.0 Å². The fourth-order valence-corrected chi connectivity index (χ4v) is 6.23. The molecule has 0 aliphatic rings. The van der Waals surface area contributed by atoms with Gasteiger partial charge < -0.3 is 23.1 Å². The predicted octanol–water partition coefficient (Wildman–Crippen LogP) is 7.23. The third-order valence-corrected chi connectivity index (χ3v) is 8.65. The number of carbonyl (C=O) groups excluding carboxylic acids is 2. The summed E-state index contributed by atoms with van der Waals surface area (Å²) in [5.41, 5.74) is 4.99. The van der Waals surface area contributed by atoms with Gasteiger partial charge >= 0.3 is 11.9 Å². The van der Waals surface area contributed by atoms with Crippen molar-refractivity contribution in [2.24, 2.45) is 7.05 Å². The first kappa shape index (κ1) is 33.9. The summed E-state index contributed by atoms with van der Waals surface area (Å²) in [7, 11) is 5.05. The second-order valence-corrected chi connectivity index (χ2v) is 12.1. The summed E-state index contributed by atoms with van der Waals surface area (Å²) >= 11 is 2.95. The number of rotatable bonds is 15. The molecular formula is C33H41N3O5S2. The Kier molecular flexibility index (Phi) is 12.9. The van der Waals surface area contributed by atoms with E-state index in [-0.39, 0.29) is 25.0 Å². The second-order valence-electron chi connectivity index (χ2n) is 9.80. The van der Waals surface area contributed by atoms with Crippen LogP contribution in [0.5, 0.6) is 5.75 Å². The number of fused-ring (bicyclic) bond motifs is 1. The van der Waals surface area contributed by atoms with Gasteiger partial charge in [-0.15, -0.1) is 0 Å². The fourth-order valence-electron chi connectivity index (χ4n) is 4.39. The minimum Gasteiger partial charge on any atom is -0.497 e. The minimum atomic E-state index is -0.324. The minimum absolute atomic E-state index is 0.0704. The molecule has 0 fully saturated rings. The third kappa shape index (κ3) is 9.44. The quantitative estimate of drug-likeness (QED) is 0.0990. The van der Waals surface area contributed by atoms with E-state index in [9.17, 15) is 9.59 Å². The molecule has 2 aromatic carbocycles. The smallest absolute Gasteiger partial charge is 0.326 e. The molecule has 1 heterocycles. The number of ether oxygens (including phenoxy) is 3. The van der Waals surface area contributed by atoms with Crippen LogP contribution in [0.25, 0.3) is 10.9 Å². The van der Waals surface area contributed by atoms with Crippen molar-refractivity contribution < 1.29 is 23.8 Å². The molecule has 0 amide bonds. The van der Waals surface area contributed by atoms with Crippen molar-refractivity contribution in [1.29, 1.82) is 0 Å². The van der Waals surface area contributed by atoms with Crippen molar-refractivity contribution in [2.75, 3.05) is 38.2 Å². The number of nitrogens with zero attached hydrogens (tertiary/aromatic N) is 3. The summed E-state index contributed by atoms with van der Waals surface area (Å²) in [6, 6.07) is 14.0. The van der Waals surface area contributed by atoms with Crippen molar-refractivity contribution >= 4 is 52.4 Å². The maximum Gasteiger partial charge on any atom is 0.326 e. The molecule has 0 aliphatic carbocycles. The molecule has 3 rings (SSSR count). The average Bonchev–Trinajstić information content (AvgIpc) is 3.31. The van der Waals surface area contributed by atoms with Crippen LogP contribution in [-0.2, 0) is 32.7 Å². The van der Waals surface area contributed by atoms with Gasteiger partial charge in [-0.25, -0.2) is 4.31 Å². The highest BCUT2D eigenvalue weighted by atomic mass is 32.2. The summed E-state index contributed by atoms with van der Waals surface area (Å²) in [6.45, 7) is 12.7. The highest BCUT2D eigenvalue weighted by Gasteiger charge is 2.22. The number of aryl methyl sites for hydroxylation is 2. The monoisotopic (exact) mass is 623 g/mol. The maximum absolute atomic E-state index is 12.7. The molecule has 1 aromatic heterocycles. The first-order chi connectivity index (χ1) is 20.6. The van der Waals surface area contributed by atoms with E-state index in [1.165, 1.54) is 31.0 Å². The Bertz CT molecular complexity index is 1490. The predicted molar refractivity (Wildman–Crippen MR) is 178 cm³/mol. The molecule has 0 bridgehead atoms. The van der Waals surface area contributed by atoms with Gasteiger partial charge in [-0.1, -0.05) is 30.4 Å². The molecule has 0 N–H and O–H groups in total. The molecule has 0 atom stereocenters. The molecule has 10 heteroatoms. The molecule has 0 radical (unpaired) electrons. The lowest BCUT2D eigenvalue weighted by Gasteiger charge is -2.24. The van der Waals surface area contributed by atoms with Crippen molar-refractivity contribution in [1.82, 2.24) is 8.87 Å². The molecule has 0 saturated heterocycles. The number of aromatic nitrogens is 1. The lowest BCUT2D eigenvalue weighted by Crippen LogP contribution is -2.25. The highest BCUT2D eigenvalue weighted by molar-refractivity contribution is 8.04. The van der Waals surface area contributed by atoms with Gasteiger partial charge in [0.05, 0.1) is 38.6 Å². The van der Waals surface area contributed by atoms with E-state index in [2.05, 4.69) is 30.2 Å². The number of esters is 2. The topological polar surface area (TPSA) is 73.2 Å². The Morgan fingerprint density at radius 3 is 2.37 bits per heavy atom. The number of anilines is 1. The maximum atomic E-state index is 12.7. The molecule has 3 aromatic rings. The first-order valence-corrected chi connectivity index (χ1v) is 15.5. The second kappa shape index (κ2) is 16.3. The molecule has 43 heavy (non-hydrogen) atoms. The summed E-state index contributed by atoms with van der Waals surface area (Å²) < 4.78 is 21.7. The Morgan fingerprint density at radius 1 is 1.05 bits per heavy atom. The molecule has 8 nitrogen and oxygen atoms in total. The number of hydrogen-bond acceptors (Lipinski definition) is 9. The zero-order chi connectivity index (χ0) is 31.5. The molecule has 0 saturated carbocycles. The van der Waals surface area contributed by atoms with Crippen LogP contribution >= 0.6 is 23.9 Å². The number of carbonyl (C=O) groups is 2. The average molecular weight is 624 g/mol. The van der Waals surface area contributed by atoms with Crippen LogP contribution < -0.4 is 9.04 Å². The largest absolute Gasteiger partial charge is 0.497 e. The Morgan fingerprint density at radius 2 is 1.77 bits per heavy atom. The van der Waals surface area contributed by atoms with Gasteiger partial charge in [-0.2, -0.15) is 0 Å². The van der Waals surface area contributed by atoms with E-state index in [0.29, 0.717) is 13.2 Å².